The first-order valence-electron chi connectivity index (χ1n) is 16.5. The van der Waals surface area contributed by atoms with Crippen molar-refractivity contribution in [3.63, 3.8) is 0 Å². The Hall–Kier alpha value is -2.20. The van der Waals surface area contributed by atoms with E-state index in [0.717, 1.165) is 57.2 Å². The van der Waals surface area contributed by atoms with Crippen LogP contribution in [0.15, 0.2) is 24.3 Å². The average molecular weight is 614 g/mol. The normalized spacial score (nSPS) is 33.6. The molecule has 236 valence electrons. The molecule has 0 spiro atoms. The molecule has 10 heteroatoms. The van der Waals surface area contributed by atoms with Gasteiger partial charge in [-0.2, -0.15) is 0 Å². The summed E-state index contributed by atoms with van der Waals surface area (Å²) in [5.74, 6) is 0.488. The molecule has 4 aliphatic heterocycles. The molecule has 5 fully saturated rings. The fourth-order valence-electron chi connectivity index (χ4n) is 8.06. The number of halogens is 1. The molecule has 6 rings (SSSR count). The topological polar surface area (TPSA) is 85.4 Å². The zero-order chi connectivity index (χ0) is 30.1. The second-order valence-corrected chi connectivity index (χ2v) is 14.0. The molecule has 3 amide bonds. The number of carbonyl (C=O) groups excluding carboxylic acids is 3. The van der Waals surface area contributed by atoms with Crippen LogP contribution in [0.3, 0.4) is 0 Å². The van der Waals surface area contributed by atoms with Gasteiger partial charge < -0.3 is 29.7 Å². The monoisotopic (exact) mass is 613 g/mol. The molecule has 0 aromatic heterocycles. The third-order valence-electron chi connectivity index (χ3n) is 10.7. The first-order chi connectivity index (χ1) is 20.8. The molecule has 1 unspecified atom stereocenters. The smallest absolute Gasteiger partial charge is 0.252 e. The highest BCUT2D eigenvalue weighted by Gasteiger charge is 2.50. The molecule has 9 nitrogen and oxygen atoms in total. The second-order valence-electron chi connectivity index (χ2n) is 13.6. The number of hydrogen-bond acceptors (Lipinski definition) is 6. The summed E-state index contributed by atoms with van der Waals surface area (Å²) in [6, 6.07) is 7.14. The number of piperazine rings is 1. The Morgan fingerprint density at radius 1 is 0.930 bits per heavy atom. The number of benzene rings is 1. The van der Waals surface area contributed by atoms with Gasteiger partial charge in [-0.3, -0.25) is 14.4 Å². The first-order valence-corrected chi connectivity index (χ1v) is 16.9. The van der Waals surface area contributed by atoms with E-state index in [4.69, 9.17) is 16.3 Å². The molecule has 0 radical (unpaired) electrons. The van der Waals surface area contributed by atoms with Crippen molar-refractivity contribution in [2.75, 3.05) is 59.5 Å². The average Bonchev–Trinajstić information content (AvgIpc) is 3.80. The van der Waals surface area contributed by atoms with Crippen molar-refractivity contribution in [3.8, 4) is 0 Å². The predicted molar refractivity (Wildman–Crippen MR) is 166 cm³/mol. The Kier molecular flexibility index (Phi) is 9.62. The van der Waals surface area contributed by atoms with E-state index in [1.165, 1.54) is 0 Å². The minimum atomic E-state index is -0.560. The third kappa shape index (κ3) is 6.60. The van der Waals surface area contributed by atoms with Gasteiger partial charge in [0.1, 0.15) is 12.1 Å². The van der Waals surface area contributed by atoms with Crippen molar-refractivity contribution in [2.45, 2.75) is 82.0 Å². The maximum Gasteiger partial charge on any atom is 0.252 e. The van der Waals surface area contributed by atoms with Crippen LogP contribution < -0.4 is 5.32 Å². The predicted octanol–water partition coefficient (Wildman–Crippen LogP) is 2.97. The van der Waals surface area contributed by atoms with Gasteiger partial charge in [-0.15, -0.1) is 0 Å². The number of likely N-dealkylation sites (N-methyl/N-ethyl adjacent to an activating group) is 1. The van der Waals surface area contributed by atoms with Gasteiger partial charge in [-0.25, -0.2) is 0 Å². The molecule has 4 heterocycles. The molecule has 5 aliphatic rings. The number of nitrogens with one attached hydrogen (secondary N) is 1. The lowest BCUT2D eigenvalue weighted by molar-refractivity contribution is -0.148. The van der Waals surface area contributed by atoms with Gasteiger partial charge in [0.2, 0.25) is 11.8 Å². The lowest BCUT2D eigenvalue weighted by Crippen LogP contribution is -2.54. The van der Waals surface area contributed by atoms with Gasteiger partial charge in [0.15, 0.2) is 0 Å². The van der Waals surface area contributed by atoms with Crippen LogP contribution in [0.5, 0.6) is 0 Å². The van der Waals surface area contributed by atoms with Crippen LogP contribution >= 0.6 is 11.6 Å². The molecule has 1 N–H and O–H groups in total. The molecule has 1 aliphatic carbocycles. The van der Waals surface area contributed by atoms with Gasteiger partial charge in [-0.1, -0.05) is 30.7 Å². The number of hydrogen-bond donors (Lipinski definition) is 1. The van der Waals surface area contributed by atoms with Crippen molar-refractivity contribution < 1.29 is 19.1 Å². The Morgan fingerprint density at radius 2 is 1.65 bits per heavy atom. The SMILES string of the molecule is CC1CCC(N(C(=O)C2CCCO2)[C@H]2C[C@H](C(=O)N3CCN(C)CC3)N(C(=O)[C@@H]3CNC[C@H]3c3ccc(Cl)cc3)C2)CC1. The standard InChI is InChI=1S/C33H48ClN5O4/c1-22-5-11-25(12-6-22)39(33(42)30-4-3-17-43-30)26-18-29(32(41)37-15-13-36(2)14-16-37)38(21-26)31(40)28-20-35-19-27(28)23-7-9-24(34)10-8-23/h7-10,22,25-30,35H,3-6,11-21H2,1-2H3/t22?,25?,26-,27-,28+,29+,30?/m0/s1. The van der Waals surface area contributed by atoms with Crippen molar-refractivity contribution in [1.29, 1.82) is 0 Å². The van der Waals surface area contributed by atoms with Crippen LogP contribution in [0, 0.1) is 11.8 Å². The molecule has 43 heavy (non-hydrogen) atoms. The van der Waals surface area contributed by atoms with Crippen LogP contribution in [0.4, 0.5) is 0 Å². The van der Waals surface area contributed by atoms with E-state index < -0.39 is 12.1 Å². The highest BCUT2D eigenvalue weighted by Crippen LogP contribution is 2.37. The third-order valence-corrected chi connectivity index (χ3v) is 11.0. The Labute approximate surface area is 261 Å². The van der Waals surface area contributed by atoms with E-state index in [9.17, 15) is 14.4 Å². The fraction of sp³-hybridized carbons (Fsp3) is 0.727. The maximum atomic E-state index is 14.5. The number of amides is 3. The molecule has 0 bridgehead atoms. The van der Waals surface area contributed by atoms with Gasteiger partial charge >= 0.3 is 0 Å². The minimum absolute atomic E-state index is 0.00709. The van der Waals surface area contributed by atoms with Crippen LogP contribution in [-0.2, 0) is 19.1 Å². The fourth-order valence-corrected chi connectivity index (χ4v) is 8.19. The summed E-state index contributed by atoms with van der Waals surface area (Å²) in [7, 11) is 2.08. The van der Waals surface area contributed by atoms with E-state index >= 15 is 0 Å². The van der Waals surface area contributed by atoms with E-state index in [2.05, 4.69) is 29.1 Å². The summed E-state index contributed by atoms with van der Waals surface area (Å²) in [6.07, 6.45) is 5.83. The van der Waals surface area contributed by atoms with Crippen LogP contribution in [-0.4, -0.2) is 121 Å². The van der Waals surface area contributed by atoms with Gasteiger partial charge in [0, 0.05) is 69.4 Å². The van der Waals surface area contributed by atoms with Crippen LogP contribution in [0.1, 0.15) is 63.4 Å². The van der Waals surface area contributed by atoms with E-state index in [1.807, 2.05) is 34.1 Å². The molecule has 4 saturated heterocycles. The van der Waals surface area contributed by atoms with E-state index in [1.54, 1.807) is 0 Å². The molecular weight excluding hydrogens is 566 g/mol. The summed E-state index contributed by atoms with van der Waals surface area (Å²) >= 11 is 6.17. The number of rotatable bonds is 6. The lowest BCUT2D eigenvalue weighted by Gasteiger charge is -2.41. The van der Waals surface area contributed by atoms with Crippen molar-refractivity contribution in [1.82, 2.24) is 24.9 Å². The summed E-state index contributed by atoms with van der Waals surface area (Å²) in [4.78, 5) is 50.9. The minimum Gasteiger partial charge on any atom is -0.368 e. The molecule has 1 saturated carbocycles. The van der Waals surface area contributed by atoms with Crippen LogP contribution in [0.2, 0.25) is 5.02 Å². The molecule has 5 atom stereocenters. The number of likely N-dealkylation sites (tertiary alicyclic amines) is 1. The van der Waals surface area contributed by atoms with Gasteiger partial charge in [-0.05, 0) is 75.6 Å². The molecule has 1 aromatic rings. The summed E-state index contributed by atoms with van der Waals surface area (Å²) in [5, 5.41) is 4.11. The zero-order valence-corrected chi connectivity index (χ0v) is 26.5. The Morgan fingerprint density at radius 3 is 2.33 bits per heavy atom. The highest BCUT2D eigenvalue weighted by molar-refractivity contribution is 6.30. The largest absolute Gasteiger partial charge is 0.368 e. The molecule has 1 aromatic carbocycles. The van der Waals surface area contributed by atoms with Crippen molar-refractivity contribution in [2.24, 2.45) is 11.8 Å². The van der Waals surface area contributed by atoms with Crippen molar-refractivity contribution >= 4 is 29.3 Å². The van der Waals surface area contributed by atoms with E-state index in [-0.39, 0.29) is 41.6 Å². The van der Waals surface area contributed by atoms with E-state index in [0.29, 0.717) is 56.7 Å². The van der Waals surface area contributed by atoms with Crippen molar-refractivity contribution in [3.05, 3.63) is 34.9 Å². The first kappa shape index (κ1) is 30.8. The molecular formula is C33H48ClN5O4. The zero-order valence-electron chi connectivity index (χ0n) is 25.8. The number of nitrogens with zero attached hydrogens (tertiary/aromatic N) is 4. The Bertz CT molecular complexity index is 1140. The van der Waals surface area contributed by atoms with Gasteiger partial charge in [0.05, 0.1) is 12.0 Å². The lowest BCUT2D eigenvalue weighted by atomic mass is 9.85. The second kappa shape index (κ2) is 13.4. The number of carbonyl (C=O) groups is 3. The van der Waals surface area contributed by atoms with Crippen LogP contribution in [0.25, 0.3) is 0 Å². The summed E-state index contributed by atoms with van der Waals surface area (Å²) in [6.45, 7) is 7.56. The summed E-state index contributed by atoms with van der Waals surface area (Å²) < 4.78 is 5.90. The summed E-state index contributed by atoms with van der Waals surface area (Å²) in [5.41, 5.74) is 1.08. The number of ether oxygens (including phenoxy) is 1. The Balaban J connectivity index is 1.28. The highest BCUT2D eigenvalue weighted by atomic mass is 35.5. The van der Waals surface area contributed by atoms with Gasteiger partial charge in [0.25, 0.3) is 5.91 Å². The maximum absolute atomic E-state index is 14.5. The quantitative estimate of drug-likeness (QED) is 0.531.